The zero-order valence-electron chi connectivity index (χ0n) is 14.7. The number of hydrogen-bond donors (Lipinski definition) is 1. The molecule has 3 aliphatic rings. The fourth-order valence-electron chi connectivity index (χ4n) is 4.22. The van der Waals surface area contributed by atoms with Crippen LogP contribution in [0.5, 0.6) is 0 Å². The first-order valence-corrected chi connectivity index (χ1v) is 9.79. The number of rotatable bonds is 4. The topological polar surface area (TPSA) is 37.3 Å². The molecule has 0 saturated heterocycles. The molecule has 0 aromatic heterocycles. The zero-order valence-corrected chi connectivity index (χ0v) is 16.2. The summed E-state index contributed by atoms with van der Waals surface area (Å²) in [6, 6.07) is 0. The van der Waals surface area contributed by atoms with Gasteiger partial charge in [0.2, 0.25) is 0 Å². The van der Waals surface area contributed by atoms with Gasteiger partial charge in [0.25, 0.3) is 0 Å². The minimum absolute atomic E-state index is 0.0140. The maximum atomic E-state index is 13.2. The van der Waals surface area contributed by atoms with Crippen molar-refractivity contribution in [1.29, 1.82) is 0 Å². The van der Waals surface area contributed by atoms with Crippen LogP contribution in [0, 0.1) is 5.92 Å². The first-order valence-electron chi connectivity index (χ1n) is 8.97. The van der Waals surface area contributed by atoms with Crippen LogP contribution in [0.15, 0.2) is 57.7 Å². The largest absolute Gasteiger partial charge is 0.377 e. The molecule has 25 heavy (non-hydrogen) atoms. The lowest BCUT2D eigenvalue weighted by Crippen LogP contribution is -2.48. The highest BCUT2D eigenvalue weighted by atomic mass is 35.5. The first-order chi connectivity index (χ1) is 11.9. The summed E-state index contributed by atoms with van der Waals surface area (Å²) >= 11 is 13.1. The van der Waals surface area contributed by atoms with Gasteiger partial charge < -0.3 is 5.11 Å². The molecule has 0 aromatic rings. The van der Waals surface area contributed by atoms with Crippen molar-refractivity contribution in [3.63, 3.8) is 0 Å². The van der Waals surface area contributed by atoms with Crippen LogP contribution in [0.2, 0.25) is 0 Å². The lowest BCUT2D eigenvalue weighted by molar-refractivity contribution is -0.119. The van der Waals surface area contributed by atoms with E-state index in [0.29, 0.717) is 34.6 Å². The van der Waals surface area contributed by atoms with Crippen molar-refractivity contribution >= 4 is 29.0 Å². The third kappa shape index (κ3) is 2.99. The zero-order chi connectivity index (χ0) is 18.2. The molecule has 4 heteroatoms. The Labute approximate surface area is 159 Å². The fraction of sp³-hybridized carbons (Fsp3) is 0.476. The van der Waals surface area contributed by atoms with Crippen molar-refractivity contribution in [3.05, 3.63) is 57.7 Å². The van der Waals surface area contributed by atoms with E-state index in [1.165, 1.54) is 0 Å². The highest BCUT2D eigenvalue weighted by molar-refractivity contribution is 6.32. The molecule has 1 N–H and O–H groups in total. The summed E-state index contributed by atoms with van der Waals surface area (Å²) < 4.78 is 0. The molecule has 2 nitrogen and oxygen atoms in total. The van der Waals surface area contributed by atoms with E-state index >= 15 is 0 Å². The highest BCUT2D eigenvalue weighted by Crippen LogP contribution is 2.51. The summed E-state index contributed by atoms with van der Waals surface area (Å²) in [6.45, 7) is 3.88. The van der Waals surface area contributed by atoms with Crippen molar-refractivity contribution in [3.8, 4) is 0 Å². The van der Waals surface area contributed by atoms with Crippen LogP contribution in [0.3, 0.4) is 0 Å². The SMILES string of the molecule is CCCC(Cl)C1=C(C)C(O)(C2=CC=CCC2)C2=C(Cl)C=CCC2C1=O. The summed E-state index contributed by atoms with van der Waals surface area (Å²) in [5.74, 6) is -0.411. The molecule has 0 bridgehead atoms. The Balaban J connectivity index is 2.26. The molecule has 3 unspecified atom stereocenters. The smallest absolute Gasteiger partial charge is 0.168 e. The van der Waals surface area contributed by atoms with Gasteiger partial charge in [-0.1, -0.05) is 49.2 Å². The molecule has 0 aromatic carbocycles. The maximum Gasteiger partial charge on any atom is 0.168 e. The van der Waals surface area contributed by atoms with E-state index in [1.807, 2.05) is 32.1 Å². The van der Waals surface area contributed by atoms with Gasteiger partial charge in [-0.05, 0) is 55.4 Å². The van der Waals surface area contributed by atoms with Crippen molar-refractivity contribution < 1.29 is 9.90 Å². The van der Waals surface area contributed by atoms with Crippen LogP contribution < -0.4 is 0 Å². The molecule has 0 aliphatic heterocycles. The van der Waals surface area contributed by atoms with Gasteiger partial charge >= 0.3 is 0 Å². The van der Waals surface area contributed by atoms with Crippen LogP contribution in [-0.4, -0.2) is 21.9 Å². The Bertz CT molecular complexity index is 739. The van der Waals surface area contributed by atoms with Gasteiger partial charge in [-0.2, -0.15) is 0 Å². The molecule has 0 fully saturated rings. The predicted molar refractivity (Wildman–Crippen MR) is 104 cm³/mol. The first kappa shape index (κ1) is 18.7. The van der Waals surface area contributed by atoms with E-state index < -0.39 is 11.5 Å². The minimum atomic E-state index is -1.32. The Hall–Kier alpha value is -1.09. The van der Waals surface area contributed by atoms with Crippen LogP contribution in [-0.2, 0) is 4.79 Å². The molecule has 3 rings (SSSR count). The van der Waals surface area contributed by atoms with Crippen molar-refractivity contribution in [1.82, 2.24) is 0 Å². The van der Waals surface area contributed by atoms with Gasteiger partial charge in [-0.3, -0.25) is 4.79 Å². The Kier molecular flexibility index (Phi) is 5.43. The van der Waals surface area contributed by atoms with E-state index in [-0.39, 0.29) is 11.2 Å². The third-order valence-corrected chi connectivity index (χ3v) is 6.26. The standard InChI is InChI=1S/C21H24Cl2O2/c1-3-8-16(22)18-13(2)21(25,14-9-5-4-6-10-14)19-15(20(18)24)11-7-12-17(19)23/h4-5,7,9,12,15-16,25H,3,6,8,10-11H2,1-2H3. The van der Waals surface area contributed by atoms with E-state index in [0.717, 1.165) is 24.8 Å². The summed E-state index contributed by atoms with van der Waals surface area (Å²) in [5, 5.41) is 12.0. The monoisotopic (exact) mass is 378 g/mol. The second-order valence-electron chi connectivity index (χ2n) is 6.98. The molecular weight excluding hydrogens is 355 g/mol. The van der Waals surface area contributed by atoms with Crippen molar-refractivity contribution in [2.75, 3.05) is 0 Å². The minimum Gasteiger partial charge on any atom is -0.377 e. The second-order valence-corrected chi connectivity index (χ2v) is 7.91. The van der Waals surface area contributed by atoms with Crippen LogP contribution in [0.25, 0.3) is 0 Å². The van der Waals surface area contributed by atoms with E-state index in [9.17, 15) is 9.90 Å². The third-order valence-electron chi connectivity index (χ3n) is 5.49. The maximum absolute atomic E-state index is 13.2. The van der Waals surface area contributed by atoms with Crippen molar-refractivity contribution in [2.45, 2.75) is 56.9 Å². The van der Waals surface area contributed by atoms with Gasteiger partial charge in [0.15, 0.2) is 5.78 Å². The normalized spacial score (nSPS) is 30.5. The average Bonchev–Trinajstić information content (AvgIpc) is 2.61. The molecule has 3 atom stereocenters. The molecule has 0 amide bonds. The number of carbonyl (C=O) groups is 1. The van der Waals surface area contributed by atoms with E-state index in [2.05, 4.69) is 6.08 Å². The Morgan fingerprint density at radius 1 is 1.40 bits per heavy atom. The molecule has 134 valence electrons. The van der Waals surface area contributed by atoms with Crippen LogP contribution in [0.4, 0.5) is 0 Å². The van der Waals surface area contributed by atoms with Crippen molar-refractivity contribution in [2.24, 2.45) is 5.92 Å². The number of aliphatic hydroxyl groups is 1. The quantitative estimate of drug-likeness (QED) is 0.667. The molecular formula is C21H24Cl2O2. The molecule has 0 radical (unpaired) electrons. The van der Waals surface area contributed by atoms with Gasteiger partial charge in [0.1, 0.15) is 5.60 Å². The number of allylic oxidation sites excluding steroid dienone is 7. The Morgan fingerprint density at radius 3 is 2.80 bits per heavy atom. The molecule has 3 aliphatic carbocycles. The van der Waals surface area contributed by atoms with E-state index in [4.69, 9.17) is 23.2 Å². The second kappa shape index (κ2) is 7.26. The number of fused-ring (bicyclic) bond motifs is 1. The number of ketones is 1. The highest BCUT2D eigenvalue weighted by Gasteiger charge is 2.51. The van der Waals surface area contributed by atoms with Gasteiger partial charge in [-0.25, -0.2) is 0 Å². The summed E-state index contributed by atoms with van der Waals surface area (Å²) in [6.07, 6.45) is 13.5. The Morgan fingerprint density at radius 2 is 2.16 bits per heavy atom. The van der Waals surface area contributed by atoms with Gasteiger partial charge in [0.05, 0.1) is 11.3 Å². The lowest BCUT2D eigenvalue weighted by Gasteiger charge is -2.45. The number of alkyl halides is 1. The summed E-state index contributed by atoms with van der Waals surface area (Å²) in [7, 11) is 0. The van der Waals surface area contributed by atoms with Gasteiger partial charge in [0, 0.05) is 10.6 Å². The van der Waals surface area contributed by atoms with E-state index in [1.54, 1.807) is 6.08 Å². The number of Topliss-reactive ketones (excluding diaryl/α,β-unsaturated/α-hetero) is 1. The summed E-state index contributed by atoms with van der Waals surface area (Å²) in [5.41, 5.74) is 1.43. The van der Waals surface area contributed by atoms with Crippen LogP contribution in [0.1, 0.15) is 46.0 Å². The average molecular weight is 379 g/mol. The fourth-order valence-corrected chi connectivity index (χ4v) is 5.07. The number of hydrogen-bond acceptors (Lipinski definition) is 2. The van der Waals surface area contributed by atoms with Gasteiger partial charge in [-0.15, -0.1) is 11.6 Å². The summed E-state index contributed by atoms with van der Waals surface area (Å²) in [4.78, 5) is 13.2. The number of halogens is 2. The molecule has 0 spiro atoms. The molecule has 0 saturated carbocycles. The number of carbonyl (C=O) groups excluding carboxylic acids is 1. The molecule has 0 heterocycles. The predicted octanol–water partition coefficient (Wildman–Crippen LogP) is 5.37. The van der Waals surface area contributed by atoms with Crippen LogP contribution >= 0.6 is 23.2 Å². The lowest BCUT2D eigenvalue weighted by atomic mass is 9.63.